The lowest BCUT2D eigenvalue weighted by molar-refractivity contribution is -0.149. The highest BCUT2D eigenvalue weighted by Crippen LogP contribution is 2.17. The van der Waals surface area contributed by atoms with Crippen molar-refractivity contribution in [1.29, 1.82) is 0 Å². The van der Waals surface area contributed by atoms with Crippen LogP contribution in [0.2, 0.25) is 6.04 Å². The zero-order valence-corrected chi connectivity index (χ0v) is 10.1. The minimum atomic E-state index is -0.427. The van der Waals surface area contributed by atoms with Crippen LogP contribution in [-0.4, -0.2) is 42.2 Å². The number of hydrogen-bond acceptors (Lipinski definition) is 4. The lowest BCUT2D eigenvalue weighted by Crippen LogP contribution is -2.41. The second-order valence-electron chi connectivity index (χ2n) is 3.10. The van der Waals surface area contributed by atoms with Gasteiger partial charge in [0.15, 0.2) is 0 Å². The Morgan fingerprint density at radius 2 is 1.77 bits per heavy atom. The molecule has 0 saturated carbocycles. The topological polar surface area (TPSA) is 70.5 Å². The fourth-order valence-corrected chi connectivity index (χ4v) is 3.01. The van der Waals surface area contributed by atoms with Gasteiger partial charge >= 0.3 is 0 Å². The zero-order valence-electron chi connectivity index (χ0n) is 8.71. The van der Waals surface area contributed by atoms with Gasteiger partial charge in [0.1, 0.15) is 5.41 Å². The molecule has 0 rings (SSSR count). The molecule has 0 spiro atoms. The molecule has 0 aromatic rings. The zero-order chi connectivity index (χ0) is 10.2. The van der Waals surface area contributed by atoms with Crippen LogP contribution in [-0.2, 0) is 9.47 Å². The maximum absolute atomic E-state index is 5.47. The predicted molar refractivity (Wildman–Crippen MR) is 57.4 cm³/mol. The summed E-state index contributed by atoms with van der Waals surface area (Å²) in [7, 11) is 2.97. The van der Waals surface area contributed by atoms with Crippen LogP contribution in [0.15, 0.2) is 0 Å². The Kier molecular flexibility index (Phi) is 7.49. The molecule has 4 nitrogen and oxygen atoms in total. The number of hydrogen-bond donors (Lipinski definition) is 2. The van der Waals surface area contributed by atoms with Crippen molar-refractivity contribution in [3.63, 3.8) is 0 Å². The van der Waals surface area contributed by atoms with E-state index < -0.39 is 9.52 Å². The molecule has 0 aliphatic heterocycles. The minimum Gasteiger partial charge on any atom is -0.358 e. The van der Waals surface area contributed by atoms with Crippen molar-refractivity contribution in [1.82, 2.24) is 0 Å². The van der Waals surface area contributed by atoms with Crippen molar-refractivity contribution >= 4 is 9.52 Å². The van der Waals surface area contributed by atoms with Gasteiger partial charge in [0.05, 0.1) is 9.52 Å². The van der Waals surface area contributed by atoms with Gasteiger partial charge < -0.3 is 20.9 Å². The molecule has 5 heteroatoms. The second-order valence-corrected chi connectivity index (χ2v) is 5.39. The van der Waals surface area contributed by atoms with Crippen molar-refractivity contribution in [2.75, 3.05) is 27.3 Å². The summed E-state index contributed by atoms with van der Waals surface area (Å²) in [6, 6.07) is 1.05. The molecule has 4 N–H and O–H groups in total. The molecular formula is C8H22N2O2Si. The molecule has 0 aliphatic rings. The molecule has 0 atom stereocenters. The Morgan fingerprint density at radius 1 is 1.15 bits per heavy atom. The van der Waals surface area contributed by atoms with E-state index in [1.165, 1.54) is 0 Å². The molecule has 0 radical (unpaired) electrons. The van der Waals surface area contributed by atoms with Crippen molar-refractivity contribution in [3.8, 4) is 0 Å². The Hall–Kier alpha value is 0.0569. The molecule has 0 aromatic carbocycles. The van der Waals surface area contributed by atoms with Gasteiger partial charge in [-0.2, -0.15) is 0 Å². The summed E-state index contributed by atoms with van der Waals surface area (Å²) >= 11 is 0. The van der Waals surface area contributed by atoms with E-state index >= 15 is 0 Å². The first-order valence-corrected chi connectivity index (χ1v) is 6.46. The van der Waals surface area contributed by atoms with E-state index in [1.807, 2.05) is 0 Å². The standard InChI is InChI=1S/C8H22N2O2Si/c1-11-8(12-2,4-3-5-9)13-7-6-10/h3-7,9-10,13H2,1-2H3. The number of ether oxygens (including phenoxy) is 2. The van der Waals surface area contributed by atoms with Gasteiger partial charge in [-0.1, -0.05) is 0 Å². The van der Waals surface area contributed by atoms with Gasteiger partial charge in [-0.15, -0.1) is 0 Å². The van der Waals surface area contributed by atoms with Crippen LogP contribution in [0.3, 0.4) is 0 Å². The molecule has 0 heterocycles. The molecule has 0 aliphatic carbocycles. The Morgan fingerprint density at radius 3 is 2.15 bits per heavy atom. The van der Waals surface area contributed by atoms with Gasteiger partial charge in [0.25, 0.3) is 0 Å². The smallest absolute Gasteiger partial charge is 0.144 e. The maximum atomic E-state index is 5.47. The van der Waals surface area contributed by atoms with Gasteiger partial charge in [-0.25, -0.2) is 0 Å². The van der Waals surface area contributed by atoms with Crippen molar-refractivity contribution < 1.29 is 9.47 Å². The molecule has 0 saturated heterocycles. The second kappa shape index (κ2) is 7.46. The first-order chi connectivity index (χ1) is 6.24. The third-order valence-corrected chi connectivity index (χ3v) is 4.72. The highest BCUT2D eigenvalue weighted by atomic mass is 28.2. The first-order valence-electron chi connectivity index (χ1n) is 4.75. The summed E-state index contributed by atoms with van der Waals surface area (Å²) in [5, 5.41) is 0. The fourth-order valence-electron chi connectivity index (χ4n) is 1.36. The molecule has 80 valence electrons. The Labute approximate surface area is 82.8 Å². The lowest BCUT2D eigenvalue weighted by Gasteiger charge is -2.30. The van der Waals surface area contributed by atoms with E-state index in [-0.39, 0.29) is 5.41 Å². The number of nitrogens with two attached hydrogens (primary N) is 2. The molecule has 0 unspecified atom stereocenters. The first kappa shape index (κ1) is 13.1. The van der Waals surface area contributed by atoms with E-state index in [9.17, 15) is 0 Å². The van der Waals surface area contributed by atoms with Gasteiger partial charge in [0.2, 0.25) is 0 Å². The minimum absolute atomic E-state index is 0.335. The van der Waals surface area contributed by atoms with Gasteiger partial charge in [-0.3, -0.25) is 0 Å². The summed E-state index contributed by atoms with van der Waals surface area (Å²) in [6.07, 6.45) is 1.84. The molecule has 13 heavy (non-hydrogen) atoms. The fraction of sp³-hybridized carbons (Fsp3) is 1.00. The van der Waals surface area contributed by atoms with E-state index in [0.717, 1.165) is 25.4 Å². The van der Waals surface area contributed by atoms with Crippen LogP contribution in [0.25, 0.3) is 0 Å². The average molecular weight is 206 g/mol. The molecule has 0 amide bonds. The third-order valence-electron chi connectivity index (χ3n) is 2.27. The third kappa shape index (κ3) is 4.73. The van der Waals surface area contributed by atoms with Crippen LogP contribution < -0.4 is 11.5 Å². The SMILES string of the molecule is COC(CCCN)(OC)[SiH2]CCN. The summed E-state index contributed by atoms with van der Waals surface area (Å²) in [6.45, 7) is 1.41. The normalized spacial score (nSPS) is 12.9. The van der Waals surface area contributed by atoms with Crippen molar-refractivity contribution in [3.05, 3.63) is 0 Å². The molecule has 0 aromatic heterocycles. The van der Waals surface area contributed by atoms with E-state index in [0.29, 0.717) is 6.54 Å². The highest BCUT2D eigenvalue weighted by molar-refractivity contribution is 6.39. The highest BCUT2D eigenvalue weighted by Gasteiger charge is 2.27. The Balaban J connectivity index is 3.97. The summed E-state index contributed by atoms with van der Waals surface area (Å²) < 4.78 is 10.8. The number of methoxy groups -OCH3 is 2. The average Bonchev–Trinajstić information content (AvgIpc) is 2.20. The summed E-state index contributed by atoms with van der Waals surface area (Å²) in [5.74, 6) is 0. The van der Waals surface area contributed by atoms with Gasteiger partial charge in [0, 0.05) is 14.2 Å². The van der Waals surface area contributed by atoms with Crippen molar-refractivity contribution in [2.45, 2.75) is 24.3 Å². The number of rotatable bonds is 8. The molecule has 0 fully saturated rings. The molecular weight excluding hydrogens is 184 g/mol. The maximum Gasteiger partial charge on any atom is 0.144 e. The van der Waals surface area contributed by atoms with Crippen LogP contribution in [0.4, 0.5) is 0 Å². The van der Waals surface area contributed by atoms with Crippen LogP contribution in [0, 0.1) is 0 Å². The quantitative estimate of drug-likeness (QED) is 0.404. The van der Waals surface area contributed by atoms with E-state index in [1.54, 1.807) is 14.2 Å². The summed E-state index contributed by atoms with van der Waals surface area (Å²) in [5.41, 5.74) is 10.6. The van der Waals surface area contributed by atoms with Gasteiger partial charge in [-0.05, 0) is 32.0 Å². The van der Waals surface area contributed by atoms with E-state index in [2.05, 4.69) is 0 Å². The van der Waals surface area contributed by atoms with Crippen LogP contribution in [0.1, 0.15) is 12.8 Å². The monoisotopic (exact) mass is 206 g/mol. The Bertz CT molecular complexity index is 111. The summed E-state index contributed by atoms with van der Waals surface area (Å²) in [4.78, 5) is 0. The largest absolute Gasteiger partial charge is 0.358 e. The van der Waals surface area contributed by atoms with Crippen molar-refractivity contribution in [2.24, 2.45) is 11.5 Å². The van der Waals surface area contributed by atoms with Crippen LogP contribution in [0.5, 0.6) is 0 Å². The lowest BCUT2D eigenvalue weighted by atomic mass is 10.3. The van der Waals surface area contributed by atoms with E-state index in [4.69, 9.17) is 20.9 Å². The predicted octanol–water partition coefficient (Wildman–Crippen LogP) is -0.782. The van der Waals surface area contributed by atoms with Crippen LogP contribution >= 0.6 is 0 Å². The molecule has 0 bridgehead atoms.